The molecule has 2 aliphatic rings. The van der Waals surface area contributed by atoms with E-state index in [0.717, 1.165) is 51.4 Å². The van der Waals surface area contributed by atoms with Gasteiger partial charge in [-0.05, 0) is 37.8 Å². The van der Waals surface area contributed by atoms with Gasteiger partial charge in [0, 0.05) is 12.8 Å². The summed E-state index contributed by atoms with van der Waals surface area (Å²) in [5, 5.41) is 0. The summed E-state index contributed by atoms with van der Waals surface area (Å²) in [7, 11) is 0. The monoisotopic (exact) mass is 346 g/mol. The maximum Gasteiger partial charge on any atom is 0.338 e. The molecule has 0 amide bonds. The summed E-state index contributed by atoms with van der Waals surface area (Å²) in [6, 6.07) is 9.19. The first-order valence-electron chi connectivity index (χ1n) is 9.80. The van der Waals surface area contributed by atoms with E-state index in [4.69, 9.17) is 14.2 Å². The summed E-state index contributed by atoms with van der Waals surface area (Å²) in [4.78, 5) is 12.5. The molecule has 0 N–H and O–H groups in total. The van der Waals surface area contributed by atoms with Gasteiger partial charge in [-0.2, -0.15) is 0 Å². The molecule has 0 unspecified atom stereocenters. The predicted octanol–water partition coefficient (Wildman–Crippen LogP) is 4.87. The van der Waals surface area contributed by atoms with Gasteiger partial charge >= 0.3 is 5.97 Å². The van der Waals surface area contributed by atoms with Crippen molar-refractivity contribution in [3.8, 4) is 0 Å². The van der Waals surface area contributed by atoms with E-state index in [0.29, 0.717) is 12.2 Å². The Hall–Kier alpha value is -1.39. The van der Waals surface area contributed by atoms with Crippen LogP contribution in [-0.2, 0) is 14.2 Å². The zero-order valence-electron chi connectivity index (χ0n) is 15.2. The van der Waals surface area contributed by atoms with E-state index in [1.165, 1.54) is 6.42 Å². The van der Waals surface area contributed by atoms with Gasteiger partial charge in [0.05, 0.1) is 12.2 Å². The number of esters is 1. The van der Waals surface area contributed by atoms with Gasteiger partial charge in [0.2, 0.25) is 0 Å². The lowest BCUT2D eigenvalue weighted by Gasteiger charge is -2.32. The lowest BCUT2D eigenvalue weighted by Crippen LogP contribution is -2.37. The molecule has 0 aromatic heterocycles. The number of hydrogen-bond donors (Lipinski definition) is 0. The van der Waals surface area contributed by atoms with Gasteiger partial charge in [0.1, 0.15) is 12.2 Å². The summed E-state index contributed by atoms with van der Waals surface area (Å²) >= 11 is 0. The Labute approximate surface area is 150 Å². The number of carbonyl (C=O) groups is 1. The quantitative estimate of drug-likeness (QED) is 0.522. The summed E-state index contributed by atoms with van der Waals surface area (Å²) in [5.41, 5.74) is 0.592. The van der Waals surface area contributed by atoms with Crippen molar-refractivity contribution < 1.29 is 19.0 Å². The zero-order chi connectivity index (χ0) is 17.5. The minimum absolute atomic E-state index is 0.150. The molecule has 1 saturated heterocycles. The first-order valence-corrected chi connectivity index (χ1v) is 9.80. The molecule has 1 aromatic carbocycles. The largest absolute Gasteiger partial charge is 0.456 e. The molecule has 4 heteroatoms. The average molecular weight is 346 g/mol. The third kappa shape index (κ3) is 4.83. The minimum Gasteiger partial charge on any atom is -0.456 e. The van der Waals surface area contributed by atoms with Crippen molar-refractivity contribution in [3.05, 3.63) is 35.9 Å². The lowest BCUT2D eigenvalue weighted by atomic mass is 9.94. The SMILES string of the molecule is CCCCC[C@H](OC(=O)c1ccccc1)[C@H]1COC2(CCCCC2)O1. The fraction of sp³-hybridized carbons (Fsp3) is 0.667. The summed E-state index contributed by atoms with van der Waals surface area (Å²) in [6.07, 6.45) is 9.23. The van der Waals surface area contributed by atoms with E-state index >= 15 is 0 Å². The molecule has 0 radical (unpaired) electrons. The molecule has 3 rings (SSSR count). The first kappa shape index (κ1) is 18.4. The molecule has 2 fully saturated rings. The highest BCUT2D eigenvalue weighted by molar-refractivity contribution is 5.89. The van der Waals surface area contributed by atoms with Crippen LogP contribution < -0.4 is 0 Å². The average Bonchev–Trinajstić information content (AvgIpc) is 3.05. The van der Waals surface area contributed by atoms with Crippen molar-refractivity contribution in [2.45, 2.75) is 82.7 Å². The third-order valence-electron chi connectivity index (χ3n) is 5.27. The summed E-state index contributed by atoms with van der Waals surface area (Å²) in [5.74, 6) is -0.694. The number of benzene rings is 1. The second kappa shape index (κ2) is 8.81. The van der Waals surface area contributed by atoms with Gasteiger partial charge in [0.25, 0.3) is 0 Å². The van der Waals surface area contributed by atoms with Crippen molar-refractivity contribution in [1.82, 2.24) is 0 Å². The molecule has 2 atom stereocenters. The molecule has 1 saturated carbocycles. The predicted molar refractivity (Wildman–Crippen MR) is 96.4 cm³/mol. The number of ether oxygens (including phenoxy) is 3. The Kier molecular flexibility index (Phi) is 6.49. The number of hydrogen-bond acceptors (Lipinski definition) is 4. The second-order valence-electron chi connectivity index (χ2n) is 7.24. The van der Waals surface area contributed by atoms with Crippen molar-refractivity contribution in [2.75, 3.05) is 6.61 Å². The highest BCUT2D eigenvalue weighted by atomic mass is 16.8. The van der Waals surface area contributed by atoms with E-state index in [1.807, 2.05) is 18.2 Å². The van der Waals surface area contributed by atoms with Gasteiger partial charge in [-0.15, -0.1) is 0 Å². The Bertz CT molecular complexity index is 536. The maximum absolute atomic E-state index is 12.5. The van der Waals surface area contributed by atoms with Crippen LogP contribution in [0.2, 0.25) is 0 Å². The molecule has 1 aliphatic carbocycles. The molecular weight excluding hydrogens is 316 g/mol. The topological polar surface area (TPSA) is 44.8 Å². The summed E-state index contributed by atoms with van der Waals surface area (Å²) < 4.78 is 18.2. The first-order chi connectivity index (χ1) is 12.2. The Morgan fingerprint density at radius 2 is 1.96 bits per heavy atom. The molecule has 1 spiro atoms. The number of carbonyl (C=O) groups excluding carboxylic acids is 1. The van der Waals surface area contributed by atoms with Crippen LogP contribution in [0.3, 0.4) is 0 Å². The molecular formula is C21H30O4. The van der Waals surface area contributed by atoms with Crippen LogP contribution in [0.1, 0.15) is 75.1 Å². The van der Waals surface area contributed by atoms with Crippen LogP contribution in [0.4, 0.5) is 0 Å². The van der Waals surface area contributed by atoms with Crippen molar-refractivity contribution in [1.29, 1.82) is 0 Å². The van der Waals surface area contributed by atoms with Crippen molar-refractivity contribution >= 4 is 5.97 Å². The fourth-order valence-corrected chi connectivity index (χ4v) is 3.81. The smallest absolute Gasteiger partial charge is 0.338 e. The standard InChI is InChI=1S/C21H30O4/c1-2-3-6-13-18(24-20(22)17-11-7-4-8-12-17)19-16-23-21(25-19)14-9-5-10-15-21/h4,7-8,11-12,18-19H,2-3,5-6,9-10,13-16H2,1H3/t18-,19+/m0/s1. The van der Waals surface area contributed by atoms with Crippen LogP contribution in [0.5, 0.6) is 0 Å². The van der Waals surface area contributed by atoms with Gasteiger partial charge in [-0.25, -0.2) is 4.79 Å². The minimum atomic E-state index is -0.426. The Balaban J connectivity index is 1.63. The summed E-state index contributed by atoms with van der Waals surface area (Å²) in [6.45, 7) is 2.70. The molecule has 25 heavy (non-hydrogen) atoms. The van der Waals surface area contributed by atoms with Crippen LogP contribution >= 0.6 is 0 Å². The van der Waals surface area contributed by atoms with E-state index in [2.05, 4.69) is 6.92 Å². The second-order valence-corrected chi connectivity index (χ2v) is 7.24. The zero-order valence-corrected chi connectivity index (χ0v) is 15.2. The highest BCUT2D eigenvalue weighted by Gasteiger charge is 2.45. The van der Waals surface area contributed by atoms with Crippen molar-refractivity contribution in [3.63, 3.8) is 0 Å². The van der Waals surface area contributed by atoms with E-state index < -0.39 is 5.79 Å². The molecule has 1 aliphatic heterocycles. The fourth-order valence-electron chi connectivity index (χ4n) is 3.81. The molecule has 1 aromatic rings. The number of unbranched alkanes of at least 4 members (excludes halogenated alkanes) is 2. The molecule has 138 valence electrons. The van der Waals surface area contributed by atoms with Gasteiger partial charge in [0.15, 0.2) is 5.79 Å². The Morgan fingerprint density at radius 3 is 2.68 bits per heavy atom. The van der Waals surface area contributed by atoms with Crippen molar-refractivity contribution in [2.24, 2.45) is 0 Å². The Morgan fingerprint density at radius 1 is 1.20 bits per heavy atom. The van der Waals surface area contributed by atoms with Crippen LogP contribution in [-0.4, -0.2) is 30.6 Å². The normalized spacial score (nSPS) is 23.5. The maximum atomic E-state index is 12.5. The van der Waals surface area contributed by atoms with Crippen LogP contribution in [0.25, 0.3) is 0 Å². The van der Waals surface area contributed by atoms with E-state index in [-0.39, 0.29) is 18.2 Å². The van der Waals surface area contributed by atoms with Crippen LogP contribution in [0, 0.1) is 0 Å². The van der Waals surface area contributed by atoms with Gasteiger partial charge in [-0.3, -0.25) is 0 Å². The molecule has 4 nitrogen and oxygen atoms in total. The van der Waals surface area contributed by atoms with Gasteiger partial charge < -0.3 is 14.2 Å². The molecule has 0 bridgehead atoms. The highest BCUT2D eigenvalue weighted by Crippen LogP contribution is 2.39. The lowest BCUT2D eigenvalue weighted by molar-refractivity contribution is -0.196. The third-order valence-corrected chi connectivity index (χ3v) is 5.27. The number of rotatable bonds is 7. The van der Waals surface area contributed by atoms with E-state index in [1.54, 1.807) is 12.1 Å². The van der Waals surface area contributed by atoms with E-state index in [9.17, 15) is 4.79 Å². The van der Waals surface area contributed by atoms with Gasteiger partial charge in [-0.1, -0.05) is 44.4 Å². The van der Waals surface area contributed by atoms with Crippen LogP contribution in [0.15, 0.2) is 30.3 Å². The molecule has 1 heterocycles.